The van der Waals surface area contributed by atoms with Crippen LogP contribution in [0.25, 0.3) is 11.3 Å². The Kier molecular flexibility index (Phi) is 4.12. The summed E-state index contributed by atoms with van der Waals surface area (Å²) in [6.07, 6.45) is 0. The van der Waals surface area contributed by atoms with Crippen molar-refractivity contribution in [2.75, 3.05) is 6.61 Å². The topological polar surface area (TPSA) is 55.0 Å². The largest absolute Gasteiger partial charge is 0.374 e. The highest BCUT2D eigenvalue weighted by atomic mass is 16.5. The number of nitrogens with one attached hydrogen (secondary N) is 1. The smallest absolute Gasteiger partial charge is 0.251 e. The van der Waals surface area contributed by atoms with E-state index in [9.17, 15) is 4.79 Å². The number of aryl methyl sites for hydroxylation is 2. The lowest BCUT2D eigenvalue weighted by molar-refractivity contribution is 0.128. The van der Waals surface area contributed by atoms with Crippen LogP contribution in [0.4, 0.5) is 0 Å². The second-order valence-electron chi connectivity index (χ2n) is 4.53. The maximum atomic E-state index is 11.7. The fourth-order valence-electron chi connectivity index (χ4n) is 2.01. The molecule has 2 rings (SSSR count). The molecule has 0 radical (unpaired) electrons. The van der Waals surface area contributed by atoms with Gasteiger partial charge in [0.15, 0.2) is 0 Å². The molecule has 0 aliphatic rings. The van der Waals surface area contributed by atoms with Crippen LogP contribution in [0.15, 0.2) is 29.1 Å². The van der Waals surface area contributed by atoms with Crippen LogP contribution in [0.2, 0.25) is 0 Å². The molecule has 0 saturated carbocycles. The fourth-order valence-corrected chi connectivity index (χ4v) is 2.01. The molecule has 1 aromatic carbocycles. The van der Waals surface area contributed by atoms with Crippen LogP contribution < -0.4 is 5.56 Å². The zero-order chi connectivity index (χ0) is 13.8. The van der Waals surface area contributed by atoms with E-state index in [-0.39, 0.29) is 5.56 Å². The Morgan fingerprint density at radius 1 is 1.26 bits per heavy atom. The predicted octanol–water partition coefficient (Wildman–Crippen LogP) is 2.59. The van der Waals surface area contributed by atoms with Crippen molar-refractivity contribution < 1.29 is 4.74 Å². The van der Waals surface area contributed by atoms with Crippen molar-refractivity contribution in [1.82, 2.24) is 9.97 Å². The van der Waals surface area contributed by atoms with E-state index in [1.165, 1.54) is 11.6 Å². The van der Waals surface area contributed by atoms with Crippen molar-refractivity contribution in [2.45, 2.75) is 27.4 Å². The van der Waals surface area contributed by atoms with Gasteiger partial charge in [-0.1, -0.05) is 23.8 Å². The normalized spacial score (nSPS) is 10.7. The summed E-state index contributed by atoms with van der Waals surface area (Å²) in [5.41, 5.74) is 3.83. The molecule has 100 valence electrons. The third-order valence-electron chi connectivity index (χ3n) is 2.89. The van der Waals surface area contributed by atoms with E-state index in [1.807, 2.05) is 32.9 Å². The molecule has 0 aliphatic heterocycles. The predicted molar refractivity (Wildman–Crippen MR) is 75.1 cm³/mol. The van der Waals surface area contributed by atoms with Crippen molar-refractivity contribution in [3.05, 3.63) is 51.6 Å². The number of aromatic amines is 1. The Hall–Kier alpha value is -1.94. The molecule has 0 amide bonds. The van der Waals surface area contributed by atoms with Crippen LogP contribution in [0.5, 0.6) is 0 Å². The summed E-state index contributed by atoms with van der Waals surface area (Å²) in [7, 11) is 0. The number of nitrogens with zero attached hydrogens (tertiary/aromatic N) is 1. The standard InChI is InChI=1S/C15H18N2O2/c1-4-19-9-14-16-13(8-15(18)17-14)12-6-5-10(2)7-11(12)3/h5-8H,4,9H2,1-3H3,(H,16,17,18). The van der Waals surface area contributed by atoms with Gasteiger partial charge in [-0.3, -0.25) is 4.79 Å². The van der Waals surface area contributed by atoms with Crippen molar-refractivity contribution in [1.29, 1.82) is 0 Å². The maximum Gasteiger partial charge on any atom is 0.251 e. The molecule has 0 spiro atoms. The highest BCUT2D eigenvalue weighted by molar-refractivity contribution is 5.63. The summed E-state index contributed by atoms with van der Waals surface area (Å²) in [6, 6.07) is 7.62. The van der Waals surface area contributed by atoms with Crippen LogP contribution in [-0.2, 0) is 11.3 Å². The summed E-state index contributed by atoms with van der Waals surface area (Å²) < 4.78 is 5.28. The van der Waals surface area contributed by atoms with Crippen LogP contribution >= 0.6 is 0 Å². The summed E-state index contributed by atoms with van der Waals surface area (Å²) >= 11 is 0. The van der Waals surface area contributed by atoms with Gasteiger partial charge in [0.05, 0.1) is 5.69 Å². The number of H-pyrrole nitrogens is 1. The first kappa shape index (κ1) is 13.5. The first-order chi connectivity index (χ1) is 9.10. The molecule has 1 heterocycles. The molecule has 1 aromatic heterocycles. The average molecular weight is 258 g/mol. The second-order valence-corrected chi connectivity index (χ2v) is 4.53. The molecule has 19 heavy (non-hydrogen) atoms. The zero-order valence-electron chi connectivity index (χ0n) is 11.5. The lowest BCUT2D eigenvalue weighted by Crippen LogP contribution is -2.12. The van der Waals surface area contributed by atoms with Gasteiger partial charge in [0, 0.05) is 18.2 Å². The molecule has 0 aliphatic carbocycles. The minimum absolute atomic E-state index is 0.153. The summed E-state index contributed by atoms with van der Waals surface area (Å²) in [5, 5.41) is 0. The Bertz CT molecular complexity index is 632. The molecule has 0 atom stereocenters. The van der Waals surface area contributed by atoms with E-state index in [2.05, 4.69) is 16.0 Å². The molecule has 0 bridgehead atoms. The van der Waals surface area contributed by atoms with Gasteiger partial charge in [-0.25, -0.2) is 4.98 Å². The number of hydrogen-bond donors (Lipinski definition) is 1. The summed E-state index contributed by atoms with van der Waals surface area (Å²) in [5.74, 6) is 0.560. The number of ether oxygens (including phenoxy) is 1. The number of hydrogen-bond acceptors (Lipinski definition) is 3. The maximum absolute atomic E-state index is 11.7. The molecule has 0 unspecified atom stereocenters. The van der Waals surface area contributed by atoms with E-state index in [0.29, 0.717) is 24.7 Å². The van der Waals surface area contributed by atoms with Gasteiger partial charge in [-0.2, -0.15) is 0 Å². The minimum atomic E-state index is -0.153. The highest BCUT2D eigenvalue weighted by Gasteiger charge is 2.07. The molecule has 0 fully saturated rings. The number of benzene rings is 1. The lowest BCUT2D eigenvalue weighted by Gasteiger charge is -2.08. The van der Waals surface area contributed by atoms with Crippen LogP contribution in [0, 0.1) is 13.8 Å². The van der Waals surface area contributed by atoms with E-state index in [0.717, 1.165) is 11.1 Å². The van der Waals surface area contributed by atoms with Gasteiger partial charge in [-0.15, -0.1) is 0 Å². The third-order valence-corrected chi connectivity index (χ3v) is 2.89. The monoisotopic (exact) mass is 258 g/mol. The molecule has 4 nitrogen and oxygen atoms in total. The van der Waals surface area contributed by atoms with Gasteiger partial charge < -0.3 is 9.72 Å². The third kappa shape index (κ3) is 3.29. The SMILES string of the molecule is CCOCc1nc(-c2ccc(C)cc2C)cc(=O)[nH]1. The van der Waals surface area contributed by atoms with E-state index < -0.39 is 0 Å². The van der Waals surface area contributed by atoms with Crippen molar-refractivity contribution in [2.24, 2.45) is 0 Å². The highest BCUT2D eigenvalue weighted by Crippen LogP contribution is 2.21. The van der Waals surface area contributed by atoms with E-state index in [1.54, 1.807) is 0 Å². The quantitative estimate of drug-likeness (QED) is 0.917. The van der Waals surface area contributed by atoms with Gasteiger partial charge in [0.1, 0.15) is 12.4 Å². The van der Waals surface area contributed by atoms with Gasteiger partial charge in [0.2, 0.25) is 0 Å². The molecule has 0 saturated heterocycles. The van der Waals surface area contributed by atoms with Crippen molar-refractivity contribution in [3.63, 3.8) is 0 Å². The fraction of sp³-hybridized carbons (Fsp3) is 0.333. The second kappa shape index (κ2) is 5.80. The summed E-state index contributed by atoms with van der Waals surface area (Å²) in [6.45, 7) is 6.89. The Morgan fingerprint density at radius 3 is 2.74 bits per heavy atom. The zero-order valence-corrected chi connectivity index (χ0v) is 11.5. The van der Waals surface area contributed by atoms with Gasteiger partial charge >= 0.3 is 0 Å². The Labute approximate surface area is 112 Å². The minimum Gasteiger partial charge on any atom is -0.374 e. The molecular weight excluding hydrogens is 240 g/mol. The molecule has 4 heteroatoms. The van der Waals surface area contributed by atoms with Crippen LogP contribution in [0.3, 0.4) is 0 Å². The Balaban J connectivity index is 2.44. The van der Waals surface area contributed by atoms with Crippen LogP contribution in [0.1, 0.15) is 23.9 Å². The van der Waals surface area contributed by atoms with Crippen LogP contribution in [-0.4, -0.2) is 16.6 Å². The number of aromatic nitrogens is 2. The first-order valence-corrected chi connectivity index (χ1v) is 6.35. The van der Waals surface area contributed by atoms with E-state index in [4.69, 9.17) is 4.74 Å². The lowest BCUT2D eigenvalue weighted by atomic mass is 10.0. The van der Waals surface area contributed by atoms with Gasteiger partial charge in [-0.05, 0) is 26.3 Å². The molecular formula is C15H18N2O2. The Morgan fingerprint density at radius 2 is 2.05 bits per heavy atom. The van der Waals surface area contributed by atoms with Crippen molar-refractivity contribution >= 4 is 0 Å². The number of rotatable bonds is 4. The summed E-state index contributed by atoms with van der Waals surface area (Å²) in [4.78, 5) is 18.8. The van der Waals surface area contributed by atoms with E-state index >= 15 is 0 Å². The van der Waals surface area contributed by atoms with Crippen molar-refractivity contribution in [3.8, 4) is 11.3 Å². The van der Waals surface area contributed by atoms with Gasteiger partial charge in [0.25, 0.3) is 5.56 Å². The molecule has 2 aromatic rings. The average Bonchev–Trinajstić information content (AvgIpc) is 2.35. The first-order valence-electron chi connectivity index (χ1n) is 6.35. The molecule has 1 N–H and O–H groups in total.